The molecule has 0 spiro atoms. The standard InChI is InChI=1S/C11H8Cl2N2S/c12-8-2-1-3-9(13)11(8)16-7-4-5-15-10(14)6-7/h1-6H,(H2,14,15). The molecule has 0 saturated carbocycles. The van der Waals surface area contributed by atoms with Gasteiger partial charge in [0, 0.05) is 16.0 Å². The molecule has 0 aliphatic rings. The molecule has 0 fully saturated rings. The number of hydrogen-bond donors (Lipinski definition) is 1. The molecule has 0 saturated heterocycles. The van der Waals surface area contributed by atoms with Crippen LogP contribution in [0.15, 0.2) is 46.3 Å². The van der Waals surface area contributed by atoms with Gasteiger partial charge in [-0.15, -0.1) is 0 Å². The van der Waals surface area contributed by atoms with Gasteiger partial charge >= 0.3 is 0 Å². The molecule has 2 rings (SSSR count). The van der Waals surface area contributed by atoms with Crippen LogP contribution in [0.25, 0.3) is 0 Å². The van der Waals surface area contributed by atoms with Gasteiger partial charge in [-0.1, -0.05) is 41.0 Å². The average Bonchev–Trinajstić information content (AvgIpc) is 2.24. The summed E-state index contributed by atoms with van der Waals surface area (Å²) in [5, 5.41) is 1.26. The lowest BCUT2D eigenvalue weighted by molar-refractivity contribution is 1.27. The van der Waals surface area contributed by atoms with Crippen molar-refractivity contribution in [1.82, 2.24) is 4.98 Å². The molecule has 1 heterocycles. The van der Waals surface area contributed by atoms with Gasteiger partial charge in [-0.2, -0.15) is 0 Å². The third-order valence-corrected chi connectivity index (χ3v) is 3.88. The molecule has 0 aliphatic carbocycles. The summed E-state index contributed by atoms with van der Waals surface area (Å²) in [6.07, 6.45) is 1.66. The zero-order valence-corrected chi connectivity index (χ0v) is 10.5. The second-order valence-corrected chi connectivity index (χ2v) is 4.97. The summed E-state index contributed by atoms with van der Waals surface area (Å²) in [5.41, 5.74) is 5.60. The fraction of sp³-hybridized carbons (Fsp3) is 0. The minimum Gasteiger partial charge on any atom is -0.384 e. The zero-order valence-electron chi connectivity index (χ0n) is 8.15. The first-order valence-corrected chi connectivity index (χ1v) is 6.07. The number of benzene rings is 1. The van der Waals surface area contributed by atoms with Gasteiger partial charge < -0.3 is 5.73 Å². The number of nitrogens with two attached hydrogens (primary N) is 1. The Labute approximate surface area is 108 Å². The monoisotopic (exact) mass is 270 g/mol. The van der Waals surface area contributed by atoms with Gasteiger partial charge in [0.1, 0.15) is 5.82 Å². The van der Waals surface area contributed by atoms with Crippen molar-refractivity contribution in [1.29, 1.82) is 0 Å². The van der Waals surface area contributed by atoms with E-state index >= 15 is 0 Å². The molecule has 2 N–H and O–H groups in total. The molecule has 0 bridgehead atoms. The van der Waals surface area contributed by atoms with E-state index in [1.54, 1.807) is 24.4 Å². The molecule has 5 heteroatoms. The minimum absolute atomic E-state index is 0.480. The predicted molar refractivity (Wildman–Crippen MR) is 69.2 cm³/mol. The molecule has 0 radical (unpaired) electrons. The number of halogens is 2. The van der Waals surface area contributed by atoms with Crippen LogP contribution in [-0.4, -0.2) is 4.98 Å². The largest absolute Gasteiger partial charge is 0.384 e. The summed E-state index contributed by atoms with van der Waals surface area (Å²) in [6.45, 7) is 0. The first kappa shape index (κ1) is 11.6. The van der Waals surface area contributed by atoms with Crippen LogP contribution in [0.2, 0.25) is 10.0 Å². The van der Waals surface area contributed by atoms with E-state index in [-0.39, 0.29) is 0 Å². The van der Waals surface area contributed by atoms with Crippen LogP contribution in [0.5, 0.6) is 0 Å². The van der Waals surface area contributed by atoms with Crippen LogP contribution in [0.4, 0.5) is 5.82 Å². The lowest BCUT2D eigenvalue weighted by Crippen LogP contribution is -1.88. The molecular weight excluding hydrogens is 263 g/mol. The molecule has 82 valence electrons. The van der Waals surface area contributed by atoms with Gasteiger partial charge in [0.05, 0.1) is 10.0 Å². The summed E-state index contributed by atoms with van der Waals surface area (Å²) < 4.78 is 0. The Hall–Kier alpha value is -0.900. The summed E-state index contributed by atoms with van der Waals surface area (Å²) in [4.78, 5) is 5.72. The number of nitrogens with zero attached hydrogens (tertiary/aromatic N) is 1. The number of anilines is 1. The maximum Gasteiger partial charge on any atom is 0.124 e. The van der Waals surface area contributed by atoms with E-state index in [1.807, 2.05) is 12.1 Å². The van der Waals surface area contributed by atoms with E-state index in [1.165, 1.54) is 11.8 Å². The predicted octanol–water partition coefficient (Wildman–Crippen LogP) is 4.12. The Morgan fingerprint density at radius 2 is 1.81 bits per heavy atom. The molecule has 0 unspecified atom stereocenters. The maximum absolute atomic E-state index is 6.07. The highest BCUT2D eigenvalue weighted by Gasteiger charge is 2.07. The molecule has 16 heavy (non-hydrogen) atoms. The number of rotatable bonds is 2. The van der Waals surface area contributed by atoms with Crippen molar-refractivity contribution in [3.63, 3.8) is 0 Å². The van der Waals surface area contributed by atoms with E-state index < -0.39 is 0 Å². The van der Waals surface area contributed by atoms with Gasteiger partial charge in [-0.05, 0) is 24.3 Å². The summed E-state index contributed by atoms with van der Waals surface area (Å²) in [5.74, 6) is 0.480. The summed E-state index contributed by atoms with van der Waals surface area (Å²) in [7, 11) is 0. The number of pyridine rings is 1. The minimum atomic E-state index is 0.480. The highest BCUT2D eigenvalue weighted by molar-refractivity contribution is 7.99. The SMILES string of the molecule is Nc1cc(Sc2c(Cl)cccc2Cl)ccn1. The molecule has 0 aliphatic heterocycles. The number of nitrogen functional groups attached to an aromatic ring is 1. The third kappa shape index (κ3) is 2.61. The fourth-order valence-electron chi connectivity index (χ4n) is 1.19. The normalized spacial score (nSPS) is 10.4. The van der Waals surface area contributed by atoms with E-state index in [0.29, 0.717) is 15.9 Å². The van der Waals surface area contributed by atoms with E-state index in [0.717, 1.165) is 9.79 Å². The van der Waals surface area contributed by atoms with Crippen LogP contribution in [0, 0.1) is 0 Å². The second kappa shape index (κ2) is 4.95. The number of aromatic nitrogens is 1. The van der Waals surface area contributed by atoms with Crippen molar-refractivity contribution in [2.45, 2.75) is 9.79 Å². The molecule has 1 aromatic heterocycles. The lowest BCUT2D eigenvalue weighted by Gasteiger charge is -2.06. The highest BCUT2D eigenvalue weighted by atomic mass is 35.5. The van der Waals surface area contributed by atoms with Crippen LogP contribution in [0.3, 0.4) is 0 Å². The Kier molecular flexibility index (Phi) is 3.59. The van der Waals surface area contributed by atoms with E-state index in [4.69, 9.17) is 28.9 Å². The molecule has 0 amide bonds. The van der Waals surface area contributed by atoms with Crippen molar-refractivity contribution < 1.29 is 0 Å². The smallest absolute Gasteiger partial charge is 0.124 e. The van der Waals surface area contributed by atoms with Crippen LogP contribution in [-0.2, 0) is 0 Å². The molecule has 2 nitrogen and oxygen atoms in total. The molecular formula is C11H8Cl2N2S. The van der Waals surface area contributed by atoms with E-state index in [2.05, 4.69) is 4.98 Å². The van der Waals surface area contributed by atoms with Gasteiger partial charge in [0.25, 0.3) is 0 Å². The van der Waals surface area contributed by atoms with Crippen molar-refractivity contribution in [3.05, 3.63) is 46.6 Å². The van der Waals surface area contributed by atoms with Gasteiger partial charge in [-0.25, -0.2) is 4.98 Å². The van der Waals surface area contributed by atoms with Crippen molar-refractivity contribution in [3.8, 4) is 0 Å². The van der Waals surface area contributed by atoms with E-state index in [9.17, 15) is 0 Å². The van der Waals surface area contributed by atoms with Crippen LogP contribution in [0.1, 0.15) is 0 Å². The Bertz CT molecular complexity index is 497. The van der Waals surface area contributed by atoms with Crippen LogP contribution >= 0.6 is 35.0 Å². The van der Waals surface area contributed by atoms with Crippen molar-refractivity contribution in [2.24, 2.45) is 0 Å². The van der Waals surface area contributed by atoms with Crippen molar-refractivity contribution >= 4 is 40.8 Å². The Morgan fingerprint density at radius 3 is 2.44 bits per heavy atom. The maximum atomic E-state index is 6.07. The van der Waals surface area contributed by atoms with Gasteiger partial charge in [0.2, 0.25) is 0 Å². The summed E-state index contributed by atoms with van der Waals surface area (Å²) >= 11 is 13.6. The quantitative estimate of drug-likeness (QED) is 0.892. The molecule has 0 atom stereocenters. The fourth-order valence-corrected chi connectivity index (χ4v) is 2.69. The average molecular weight is 271 g/mol. The highest BCUT2D eigenvalue weighted by Crippen LogP contribution is 2.38. The Morgan fingerprint density at radius 1 is 1.12 bits per heavy atom. The first-order chi connectivity index (χ1) is 7.66. The molecule has 2 aromatic rings. The third-order valence-electron chi connectivity index (χ3n) is 1.89. The van der Waals surface area contributed by atoms with Crippen molar-refractivity contribution in [2.75, 3.05) is 5.73 Å². The zero-order chi connectivity index (χ0) is 11.5. The lowest BCUT2D eigenvalue weighted by atomic mass is 10.4. The molecule has 1 aromatic carbocycles. The van der Waals surface area contributed by atoms with Gasteiger partial charge in [0.15, 0.2) is 0 Å². The van der Waals surface area contributed by atoms with Crippen LogP contribution < -0.4 is 5.73 Å². The number of hydrogen-bond acceptors (Lipinski definition) is 3. The Balaban J connectivity index is 2.34. The second-order valence-electron chi connectivity index (χ2n) is 3.07. The topological polar surface area (TPSA) is 38.9 Å². The van der Waals surface area contributed by atoms with Gasteiger partial charge in [-0.3, -0.25) is 0 Å². The summed E-state index contributed by atoms with van der Waals surface area (Å²) in [6, 6.07) is 9.07. The first-order valence-electron chi connectivity index (χ1n) is 4.50.